The Morgan fingerprint density at radius 1 is 1.53 bits per heavy atom. The Hall–Kier alpha value is -1.43. The van der Waals surface area contributed by atoms with E-state index in [-0.39, 0.29) is 11.3 Å². The van der Waals surface area contributed by atoms with Crippen LogP contribution >= 0.6 is 11.8 Å². The highest BCUT2D eigenvalue weighted by Gasteiger charge is 2.40. The number of carboxylic acid groups (broad SMARTS) is 1. The fourth-order valence-corrected chi connectivity index (χ4v) is 3.12. The van der Waals surface area contributed by atoms with Gasteiger partial charge in [0.15, 0.2) is 0 Å². The number of carbonyl (C=O) groups excluding carboxylic acids is 1. The van der Waals surface area contributed by atoms with Gasteiger partial charge in [-0.05, 0) is 19.1 Å². The van der Waals surface area contributed by atoms with Crippen LogP contribution in [0.1, 0.15) is 17.4 Å². The standard InChI is InChI=1S/C11H14N2O3S/c1-7-13(9(6-17-7)11(15)16)10(14)8-4-3-5-12(8)2/h3-5,7,9H,6H2,1-2H3,(H,15,16). The summed E-state index contributed by atoms with van der Waals surface area (Å²) in [7, 11) is 1.77. The number of rotatable bonds is 2. The SMILES string of the molecule is CC1SCC(C(=O)O)N1C(=O)c1cccn1C. The number of amides is 1. The van der Waals surface area contributed by atoms with Crippen molar-refractivity contribution in [3.05, 3.63) is 24.0 Å². The second-order valence-corrected chi connectivity index (χ2v) is 5.35. The van der Waals surface area contributed by atoms with Crippen molar-refractivity contribution in [2.45, 2.75) is 18.3 Å². The molecule has 1 amide bonds. The number of hydrogen-bond acceptors (Lipinski definition) is 3. The highest BCUT2D eigenvalue weighted by molar-refractivity contribution is 8.00. The summed E-state index contributed by atoms with van der Waals surface area (Å²) in [6.07, 6.45) is 1.77. The first-order valence-electron chi connectivity index (χ1n) is 5.30. The van der Waals surface area contributed by atoms with E-state index in [1.165, 1.54) is 16.7 Å². The largest absolute Gasteiger partial charge is 0.480 e. The maximum atomic E-state index is 12.3. The van der Waals surface area contributed by atoms with Crippen molar-refractivity contribution in [1.82, 2.24) is 9.47 Å². The smallest absolute Gasteiger partial charge is 0.327 e. The molecular formula is C11H14N2O3S. The van der Waals surface area contributed by atoms with E-state index in [2.05, 4.69) is 0 Å². The molecule has 1 aliphatic heterocycles. The zero-order chi connectivity index (χ0) is 12.6. The first-order chi connectivity index (χ1) is 8.02. The second-order valence-electron chi connectivity index (χ2n) is 4.00. The van der Waals surface area contributed by atoms with E-state index < -0.39 is 12.0 Å². The number of nitrogens with zero attached hydrogens (tertiary/aromatic N) is 2. The van der Waals surface area contributed by atoms with Gasteiger partial charge >= 0.3 is 5.97 Å². The van der Waals surface area contributed by atoms with Crippen LogP contribution < -0.4 is 0 Å². The summed E-state index contributed by atoms with van der Waals surface area (Å²) in [4.78, 5) is 24.8. The minimum Gasteiger partial charge on any atom is -0.480 e. The minimum atomic E-state index is -0.940. The molecule has 2 rings (SSSR count). The van der Waals surface area contributed by atoms with Gasteiger partial charge in [-0.2, -0.15) is 0 Å². The molecule has 0 radical (unpaired) electrons. The molecule has 2 unspecified atom stereocenters. The summed E-state index contributed by atoms with van der Waals surface area (Å²) < 4.78 is 1.71. The number of carbonyl (C=O) groups is 2. The van der Waals surface area contributed by atoms with Crippen molar-refractivity contribution in [2.24, 2.45) is 7.05 Å². The molecule has 1 aromatic rings. The summed E-state index contributed by atoms with van der Waals surface area (Å²) in [5.74, 6) is -0.709. The monoisotopic (exact) mass is 254 g/mol. The molecule has 2 heterocycles. The summed E-state index contributed by atoms with van der Waals surface area (Å²) in [6.45, 7) is 1.86. The Bertz CT molecular complexity index is 457. The van der Waals surface area contributed by atoms with Crippen molar-refractivity contribution in [1.29, 1.82) is 0 Å². The van der Waals surface area contributed by atoms with E-state index >= 15 is 0 Å². The summed E-state index contributed by atoms with van der Waals surface area (Å²) >= 11 is 1.49. The molecule has 0 saturated carbocycles. The van der Waals surface area contributed by atoms with Gasteiger partial charge in [0.2, 0.25) is 0 Å². The van der Waals surface area contributed by atoms with Crippen LogP contribution in [0.25, 0.3) is 0 Å². The molecule has 0 bridgehead atoms. The van der Waals surface area contributed by atoms with Gasteiger partial charge in [-0.1, -0.05) is 0 Å². The van der Waals surface area contributed by atoms with E-state index in [0.717, 1.165) is 0 Å². The molecule has 92 valence electrons. The third-order valence-electron chi connectivity index (χ3n) is 2.91. The van der Waals surface area contributed by atoms with Crippen LogP contribution in [0.2, 0.25) is 0 Å². The molecule has 1 N–H and O–H groups in total. The third-order valence-corrected chi connectivity index (χ3v) is 4.12. The zero-order valence-corrected chi connectivity index (χ0v) is 10.5. The van der Waals surface area contributed by atoms with Crippen LogP contribution in [0.15, 0.2) is 18.3 Å². The van der Waals surface area contributed by atoms with Gasteiger partial charge in [-0.25, -0.2) is 4.79 Å². The second kappa shape index (κ2) is 4.44. The number of thioether (sulfide) groups is 1. The highest BCUT2D eigenvalue weighted by atomic mass is 32.2. The maximum Gasteiger partial charge on any atom is 0.327 e. The fraction of sp³-hybridized carbons (Fsp3) is 0.455. The third kappa shape index (κ3) is 2.04. The van der Waals surface area contributed by atoms with Gasteiger partial charge in [0, 0.05) is 19.0 Å². The average molecular weight is 254 g/mol. The Labute approximate surface area is 103 Å². The van der Waals surface area contributed by atoms with Gasteiger partial charge in [0.1, 0.15) is 11.7 Å². The lowest BCUT2D eigenvalue weighted by Crippen LogP contribution is -2.45. The maximum absolute atomic E-state index is 12.3. The molecule has 5 nitrogen and oxygen atoms in total. The molecule has 0 spiro atoms. The Morgan fingerprint density at radius 2 is 2.24 bits per heavy atom. The van der Waals surface area contributed by atoms with Crippen molar-refractivity contribution < 1.29 is 14.7 Å². The molecule has 0 aliphatic carbocycles. The van der Waals surface area contributed by atoms with Crippen LogP contribution in [0.3, 0.4) is 0 Å². The predicted molar refractivity (Wildman–Crippen MR) is 64.9 cm³/mol. The summed E-state index contributed by atoms with van der Waals surface area (Å²) in [5.41, 5.74) is 0.519. The molecule has 1 fully saturated rings. The van der Waals surface area contributed by atoms with E-state index in [1.54, 1.807) is 29.9 Å². The molecule has 17 heavy (non-hydrogen) atoms. The van der Waals surface area contributed by atoms with E-state index in [9.17, 15) is 9.59 Å². The van der Waals surface area contributed by atoms with Gasteiger partial charge in [-0.15, -0.1) is 11.8 Å². The molecule has 0 aromatic carbocycles. The van der Waals surface area contributed by atoms with Crippen molar-refractivity contribution in [3.8, 4) is 0 Å². The fourth-order valence-electron chi connectivity index (χ4n) is 1.96. The molecule has 1 aromatic heterocycles. The van der Waals surface area contributed by atoms with Crippen molar-refractivity contribution >= 4 is 23.6 Å². The zero-order valence-electron chi connectivity index (χ0n) is 9.66. The lowest BCUT2D eigenvalue weighted by molar-refractivity contribution is -0.141. The van der Waals surface area contributed by atoms with Crippen LogP contribution in [0, 0.1) is 0 Å². The van der Waals surface area contributed by atoms with Gasteiger partial charge in [-0.3, -0.25) is 4.79 Å². The summed E-state index contributed by atoms with van der Waals surface area (Å²) in [5, 5.41) is 9.00. The highest BCUT2D eigenvalue weighted by Crippen LogP contribution is 2.30. The number of aryl methyl sites for hydroxylation is 1. The van der Waals surface area contributed by atoms with Gasteiger partial charge in [0.25, 0.3) is 5.91 Å². The minimum absolute atomic E-state index is 0.0986. The van der Waals surface area contributed by atoms with Crippen LogP contribution in [0.5, 0.6) is 0 Å². The number of carboxylic acids is 1. The molecular weight excluding hydrogens is 240 g/mol. The van der Waals surface area contributed by atoms with Crippen LogP contribution in [0.4, 0.5) is 0 Å². The van der Waals surface area contributed by atoms with E-state index in [1.807, 2.05) is 6.92 Å². The Balaban J connectivity index is 2.29. The topological polar surface area (TPSA) is 62.5 Å². The first-order valence-corrected chi connectivity index (χ1v) is 6.35. The molecule has 2 atom stereocenters. The van der Waals surface area contributed by atoms with Gasteiger partial charge in [0.05, 0.1) is 5.37 Å². The Kier molecular flexibility index (Phi) is 3.15. The first kappa shape index (κ1) is 12.0. The van der Waals surface area contributed by atoms with Gasteiger partial charge < -0.3 is 14.6 Å². The number of aliphatic carboxylic acids is 1. The van der Waals surface area contributed by atoms with Crippen LogP contribution in [-0.2, 0) is 11.8 Å². The molecule has 6 heteroatoms. The molecule has 1 saturated heterocycles. The van der Waals surface area contributed by atoms with Crippen molar-refractivity contribution in [3.63, 3.8) is 0 Å². The quantitative estimate of drug-likeness (QED) is 0.855. The molecule has 1 aliphatic rings. The predicted octanol–water partition coefficient (Wildman–Crippen LogP) is 1.01. The van der Waals surface area contributed by atoms with E-state index in [0.29, 0.717) is 11.4 Å². The van der Waals surface area contributed by atoms with E-state index in [4.69, 9.17) is 5.11 Å². The number of hydrogen-bond donors (Lipinski definition) is 1. The Morgan fingerprint density at radius 3 is 2.76 bits per heavy atom. The van der Waals surface area contributed by atoms with Crippen molar-refractivity contribution in [2.75, 3.05) is 5.75 Å². The lowest BCUT2D eigenvalue weighted by Gasteiger charge is -2.25. The summed E-state index contributed by atoms with van der Waals surface area (Å²) in [6, 6.07) is 2.76. The lowest BCUT2D eigenvalue weighted by atomic mass is 10.2. The average Bonchev–Trinajstić information content (AvgIpc) is 2.83. The normalized spacial score (nSPS) is 24.0. The number of aromatic nitrogens is 1. The van der Waals surface area contributed by atoms with Crippen LogP contribution in [-0.4, -0.2) is 43.6 Å².